The lowest BCUT2D eigenvalue weighted by Gasteiger charge is -2.30. The molecule has 5 atom stereocenters. The number of esters is 1. The Kier molecular flexibility index (Phi) is 10.8. The molecule has 2 aliphatic carbocycles. The van der Waals surface area contributed by atoms with Crippen molar-refractivity contribution >= 4 is 39.8 Å². The van der Waals surface area contributed by atoms with Crippen LogP contribution in [0, 0.1) is 11.8 Å². The third-order valence-electron chi connectivity index (χ3n) is 11.1. The highest BCUT2D eigenvalue weighted by molar-refractivity contribution is 7.91. The molecule has 5 aliphatic rings. The smallest absolute Gasteiger partial charge is 0.410 e. The summed E-state index contributed by atoms with van der Waals surface area (Å²) in [5.41, 5.74) is -0.283. The first kappa shape index (κ1) is 38.5. The molecule has 6 rings (SSSR count). The maximum atomic E-state index is 14.4. The molecule has 2 saturated carbocycles. The predicted octanol–water partition coefficient (Wildman–Crippen LogP) is 4.41. The molecule has 4 amide bonds. The van der Waals surface area contributed by atoms with Crippen LogP contribution in [-0.4, -0.2) is 82.6 Å². The fraction of sp³-hybridized carbons (Fsp3) is 0.615. The Balaban J connectivity index is 1.26. The van der Waals surface area contributed by atoms with Crippen LogP contribution in [0.15, 0.2) is 49.1 Å². The molecule has 2 N–H and O–H groups in total. The SMILES string of the molecule is C=CCC1(S(=O)(=O)NC(=O)[C@@]23C[C@H]2/C=C\CCCCC[C@H](CC(=O)OC(C)(C)C)C(=O)N2C[C@H](OC(=O)N4Cc5ccccc5C4)C[C@H]2C(=O)N3)CC1. The summed E-state index contributed by atoms with van der Waals surface area (Å²) >= 11 is 0. The van der Waals surface area contributed by atoms with E-state index in [4.69, 9.17) is 9.47 Å². The van der Waals surface area contributed by atoms with Crippen molar-refractivity contribution in [2.45, 2.75) is 133 Å². The molecule has 3 fully saturated rings. The van der Waals surface area contributed by atoms with E-state index in [1.54, 1.807) is 25.7 Å². The molecule has 0 unspecified atom stereocenters. The third-order valence-corrected chi connectivity index (χ3v) is 13.2. The van der Waals surface area contributed by atoms with Gasteiger partial charge in [0.05, 0.1) is 17.7 Å². The lowest BCUT2D eigenvalue weighted by Crippen LogP contribution is -2.57. The van der Waals surface area contributed by atoms with Crippen LogP contribution in [0.25, 0.3) is 0 Å². The number of fused-ring (bicyclic) bond motifs is 3. The molecule has 3 heterocycles. The zero-order chi connectivity index (χ0) is 38.2. The largest absolute Gasteiger partial charge is 0.460 e. The van der Waals surface area contributed by atoms with Crippen LogP contribution in [0.5, 0.6) is 0 Å². The van der Waals surface area contributed by atoms with E-state index in [-0.39, 0.29) is 32.2 Å². The molecule has 1 saturated heterocycles. The van der Waals surface area contributed by atoms with Gasteiger partial charge in [-0.15, -0.1) is 6.58 Å². The van der Waals surface area contributed by atoms with Gasteiger partial charge in [0.1, 0.15) is 23.3 Å². The van der Waals surface area contributed by atoms with Gasteiger partial charge in [-0.25, -0.2) is 13.2 Å². The van der Waals surface area contributed by atoms with E-state index in [2.05, 4.69) is 16.6 Å². The van der Waals surface area contributed by atoms with Crippen molar-refractivity contribution in [3.8, 4) is 0 Å². The number of amides is 4. The zero-order valence-electron chi connectivity index (χ0n) is 30.9. The number of hydrogen-bond donors (Lipinski definition) is 2. The number of nitrogens with one attached hydrogen (secondary N) is 2. The number of allylic oxidation sites excluding steroid dienone is 2. The van der Waals surface area contributed by atoms with E-state index in [0.29, 0.717) is 45.2 Å². The van der Waals surface area contributed by atoms with E-state index < -0.39 is 79.7 Å². The van der Waals surface area contributed by atoms with Crippen molar-refractivity contribution < 1.29 is 41.9 Å². The van der Waals surface area contributed by atoms with Crippen LogP contribution >= 0.6 is 0 Å². The minimum Gasteiger partial charge on any atom is -0.460 e. The minimum absolute atomic E-state index is 0.0395. The normalized spacial score (nSPS) is 28.9. The predicted molar refractivity (Wildman–Crippen MR) is 195 cm³/mol. The lowest BCUT2D eigenvalue weighted by atomic mass is 9.95. The van der Waals surface area contributed by atoms with E-state index in [0.717, 1.165) is 24.0 Å². The molecular weight excluding hydrogens is 701 g/mol. The highest BCUT2D eigenvalue weighted by atomic mass is 32.2. The van der Waals surface area contributed by atoms with Gasteiger partial charge in [0.15, 0.2) is 0 Å². The Labute approximate surface area is 311 Å². The number of ether oxygens (including phenoxy) is 2. The van der Waals surface area contributed by atoms with Crippen LogP contribution < -0.4 is 10.0 Å². The molecule has 1 aromatic carbocycles. The molecular formula is C39H52N4O9S. The first-order chi connectivity index (χ1) is 25.1. The number of rotatable bonds is 8. The van der Waals surface area contributed by atoms with E-state index in [1.165, 1.54) is 11.0 Å². The fourth-order valence-corrected chi connectivity index (χ4v) is 9.49. The second-order valence-electron chi connectivity index (χ2n) is 16.3. The number of carbonyl (C=O) groups is 5. The molecule has 14 heteroatoms. The average Bonchev–Trinajstić information content (AvgIpc) is 3.91. The van der Waals surface area contributed by atoms with Gasteiger partial charge in [0.2, 0.25) is 21.8 Å². The first-order valence-electron chi connectivity index (χ1n) is 18.8. The summed E-state index contributed by atoms with van der Waals surface area (Å²) in [4.78, 5) is 72.1. The second kappa shape index (κ2) is 14.9. The van der Waals surface area contributed by atoms with Gasteiger partial charge in [-0.1, -0.05) is 55.3 Å². The highest BCUT2D eigenvalue weighted by Crippen LogP contribution is 2.49. The second-order valence-corrected chi connectivity index (χ2v) is 18.4. The number of carbonyl (C=O) groups excluding carboxylic acids is 5. The minimum atomic E-state index is -4.08. The van der Waals surface area contributed by atoms with Crippen molar-refractivity contribution in [3.63, 3.8) is 0 Å². The Morgan fingerprint density at radius 1 is 1.08 bits per heavy atom. The van der Waals surface area contributed by atoms with Crippen molar-refractivity contribution in [2.24, 2.45) is 11.8 Å². The average molecular weight is 753 g/mol. The molecule has 0 aromatic heterocycles. The fourth-order valence-electron chi connectivity index (χ4n) is 7.87. The molecule has 0 bridgehead atoms. The molecule has 3 aliphatic heterocycles. The number of hydrogen-bond acceptors (Lipinski definition) is 9. The highest BCUT2D eigenvalue weighted by Gasteiger charge is 2.63. The van der Waals surface area contributed by atoms with Gasteiger partial charge >= 0.3 is 12.1 Å². The summed E-state index contributed by atoms with van der Waals surface area (Å²) < 4.78 is 39.5. The van der Waals surface area contributed by atoms with Gasteiger partial charge in [-0.05, 0) is 76.8 Å². The van der Waals surface area contributed by atoms with Gasteiger partial charge in [0, 0.05) is 31.3 Å². The van der Waals surface area contributed by atoms with Gasteiger partial charge in [-0.3, -0.25) is 28.8 Å². The Bertz CT molecular complexity index is 1760. The van der Waals surface area contributed by atoms with Crippen LogP contribution in [0.2, 0.25) is 0 Å². The summed E-state index contributed by atoms with van der Waals surface area (Å²) in [5.74, 6) is -3.71. The summed E-state index contributed by atoms with van der Waals surface area (Å²) in [6.45, 7) is 9.58. The van der Waals surface area contributed by atoms with Crippen molar-refractivity contribution in [1.29, 1.82) is 0 Å². The van der Waals surface area contributed by atoms with Crippen LogP contribution in [0.3, 0.4) is 0 Å². The van der Waals surface area contributed by atoms with Gasteiger partial charge < -0.3 is 19.7 Å². The number of benzene rings is 1. The summed E-state index contributed by atoms with van der Waals surface area (Å²) in [7, 11) is -4.08. The van der Waals surface area contributed by atoms with Crippen LogP contribution in [0.1, 0.15) is 103 Å². The third kappa shape index (κ3) is 8.47. The lowest BCUT2D eigenvalue weighted by molar-refractivity contribution is -0.159. The van der Waals surface area contributed by atoms with Crippen LogP contribution in [0.4, 0.5) is 4.79 Å². The molecule has 0 radical (unpaired) electrons. The summed E-state index contributed by atoms with van der Waals surface area (Å²) in [6.07, 6.45) is 8.17. The van der Waals surface area contributed by atoms with E-state index in [9.17, 15) is 32.4 Å². The maximum absolute atomic E-state index is 14.4. The molecule has 53 heavy (non-hydrogen) atoms. The Morgan fingerprint density at radius 2 is 1.77 bits per heavy atom. The van der Waals surface area contributed by atoms with E-state index >= 15 is 0 Å². The van der Waals surface area contributed by atoms with Crippen molar-refractivity contribution in [1.82, 2.24) is 19.8 Å². The number of nitrogens with zero attached hydrogens (tertiary/aromatic N) is 2. The summed E-state index contributed by atoms with van der Waals surface area (Å²) in [6, 6.07) is 6.56. The van der Waals surface area contributed by atoms with Crippen LogP contribution in [-0.2, 0) is 51.8 Å². The first-order valence-corrected chi connectivity index (χ1v) is 20.3. The quantitative estimate of drug-likeness (QED) is 0.289. The zero-order valence-corrected chi connectivity index (χ0v) is 31.8. The standard InChI is InChI=1S/C39H52N4O9S/c1-5-17-38(18-19-38)53(49,50)41-35(47)39-22-29(39)16-10-8-6-7-9-13-26(20-32(44)52-37(2,3)4)34(46)43-25-30(21-31(43)33(45)40-39)51-36(48)42-23-27-14-11-12-15-28(27)24-42/h5,10-12,14-16,26,29-31H,1,6-9,13,17-25H2,2-4H3,(H,40,45)(H,41,47)/b16-10-/t26-,29-,30-,31+,39-/m1/s1. The van der Waals surface area contributed by atoms with Gasteiger partial charge in [0.25, 0.3) is 5.91 Å². The topological polar surface area (TPSA) is 168 Å². The Hall–Kier alpha value is -4.20. The summed E-state index contributed by atoms with van der Waals surface area (Å²) in [5, 5.41) is 2.86. The van der Waals surface area contributed by atoms with Gasteiger partial charge in [-0.2, -0.15) is 0 Å². The van der Waals surface area contributed by atoms with Crippen molar-refractivity contribution in [2.75, 3.05) is 6.54 Å². The van der Waals surface area contributed by atoms with Crippen molar-refractivity contribution in [3.05, 3.63) is 60.2 Å². The molecule has 288 valence electrons. The molecule has 0 spiro atoms. The molecule has 1 aromatic rings. The monoisotopic (exact) mass is 752 g/mol. The number of sulfonamides is 1. The molecule has 13 nitrogen and oxygen atoms in total. The Morgan fingerprint density at radius 3 is 2.42 bits per heavy atom. The van der Waals surface area contributed by atoms with E-state index in [1.807, 2.05) is 36.4 Å². The maximum Gasteiger partial charge on any atom is 0.410 e.